The Kier molecular flexibility index (Phi) is 11.6. The Morgan fingerprint density at radius 2 is 1.67 bits per heavy atom. The fraction of sp³-hybridized carbons (Fsp3) is 0.375. The molecule has 3 aromatic rings. The predicted molar refractivity (Wildman–Crippen MR) is 166 cm³/mol. The van der Waals surface area contributed by atoms with E-state index in [1.54, 1.807) is 70.2 Å². The summed E-state index contributed by atoms with van der Waals surface area (Å²) in [5.74, 6) is -0.610. The number of halogens is 1. The highest BCUT2D eigenvalue weighted by atomic mass is 35.5. The number of aliphatic hydroxyl groups excluding tert-OH is 1. The minimum atomic E-state index is -3.94. The lowest BCUT2D eigenvalue weighted by atomic mass is 10.1. The monoisotopic (exact) mass is 630 g/mol. The Hall–Kier alpha value is -3.60. The molecule has 0 aliphatic heterocycles. The van der Waals surface area contributed by atoms with Gasteiger partial charge in [0.15, 0.2) is 0 Å². The Labute approximate surface area is 258 Å². The summed E-state index contributed by atoms with van der Waals surface area (Å²) < 4.78 is 37.5. The number of esters is 1. The van der Waals surface area contributed by atoms with Crippen LogP contribution in [0.4, 0.5) is 10.5 Å². The first-order chi connectivity index (χ1) is 20.2. The molecule has 1 atom stereocenters. The highest BCUT2D eigenvalue weighted by Gasteiger charge is 2.25. The molecule has 43 heavy (non-hydrogen) atoms. The van der Waals surface area contributed by atoms with Gasteiger partial charge in [-0.3, -0.25) is 0 Å². The largest absolute Gasteiger partial charge is 0.462 e. The topological polar surface area (TPSA) is 122 Å². The van der Waals surface area contributed by atoms with Gasteiger partial charge in [-0.1, -0.05) is 35.9 Å². The number of anilines is 1. The Morgan fingerprint density at radius 3 is 2.28 bits per heavy atom. The van der Waals surface area contributed by atoms with E-state index >= 15 is 0 Å². The molecule has 2 N–H and O–H groups in total. The smallest absolute Gasteiger partial charge is 0.410 e. The van der Waals surface area contributed by atoms with Crippen LogP contribution >= 0.6 is 11.6 Å². The second kappa shape index (κ2) is 14.7. The molecule has 11 heteroatoms. The molecule has 232 valence electrons. The first kappa shape index (κ1) is 33.9. The van der Waals surface area contributed by atoms with Crippen molar-refractivity contribution in [2.45, 2.75) is 62.5 Å². The van der Waals surface area contributed by atoms with Crippen LogP contribution < -0.4 is 5.32 Å². The average Bonchev–Trinajstić information content (AvgIpc) is 2.94. The summed E-state index contributed by atoms with van der Waals surface area (Å²) in [6.45, 7) is 9.74. The average molecular weight is 631 g/mol. The predicted octanol–water partition coefficient (Wildman–Crippen LogP) is 6.29. The number of aliphatic hydroxyl groups is 1. The van der Waals surface area contributed by atoms with Gasteiger partial charge in [-0.25, -0.2) is 18.0 Å². The summed E-state index contributed by atoms with van der Waals surface area (Å²) in [7, 11) is -3.94. The third kappa shape index (κ3) is 9.44. The molecule has 0 aromatic heterocycles. The van der Waals surface area contributed by atoms with E-state index in [1.807, 2.05) is 6.92 Å². The molecular weight excluding hydrogens is 592 g/mol. The van der Waals surface area contributed by atoms with Gasteiger partial charge in [-0.2, -0.15) is 0 Å². The van der Waals surface area contributed by atoms with Crippen molar-refractivity contribution in [1.29, 1.82) is 0 Å². The van der Waals surface area contributed by atoms with Gasteiger partial charge in [-0.15, -0.1) is 0 Å². The van der Waals surface area contributed by atoms with Crippen LogP contribution in [-0.2, 0) is 25.7 Å². The van der Waals surface area contributed by atoms with E-state index in [4.69, 9.17) is 21.1 Å². The number of hydrogen-bond acceptors (Lipinski definition) is 8. The van der Waals surface area contributed by atoms with Gasteiger partial charge >= 0.3 is 12.1 Å². The Bertz CT molecular complexity index is 1520. The molecule has 0 fully saturated rings. The summed E-state index contributed by atoms with van der Waals surface area (Å²) in [5, 5.41) is 14.3. The van der Waals surface area contributed by atoms with E-state index in [0.29, 0.717) is 29.2 Å². The molecule has 0 aliphatic carbocycles. The van der Waals surface area contributed by atoms with Crippen molar-refractivity contribution < 1.29 is 32.6 Å². The number of nitrogens with one attached hydrogen (secondary N) is 1. The van der Waals surface area contributed by atoms with Crippen molar-refractivity contribution in [2.75, 3.05) is 31.6 Å². The number of rotatable bonds is 12. The number of carbonyl (C=O) groups excluding carboxylic acids is 2. The molecule has 0 radical (unpaired) electrons. The van der Waals surface area contributed by atoms with Crippen molar-refractivity contribution in [3.8, 4) is 0 Å². The Morgan fingerprint density at radius 1 is 1.00 bits per heavy atom. The molecular formula is C32H39ClN2O7S. The molecule has 3 aromatic carbocycles. The minimum absolute atomic E-state index is 0.0204. The number of carbonyl (C=O) groups is 2. The first-order valence-corrected chi connectivity index (χ1v) is 15.9. The van der Waals surface area contributed by atoms with E-state index < -0.39 is 33.6 Å². The van der Waals surface area contributed by atoms with Crippen LogP contribution in [0.25, 0.3) is 0 Å². The maximum Gasteiger partial charge on any atom is 0.410 e. The second-order valence-electron chi connectivity index (χ2n) is 10.9. The van der Waals surface area contributed by atoms with Gasteiger partial charge in [0.05, 0.1) is 34.6 Å². The molecule has 0 spiro atoms. The fourth-order valence-corrected chi connectivity index (χ4v) is 5.75. The number of amides is 1. The van der Waals surface area contributed by atoms with Crippen molar-refractivity contribution in [1.82, 2.24) is 4.90 Å². The van der Waals surface area contributed by atoms with Crippen LogP contribution in [0.5, 0.6) is 0 Å². The zero-order valence-electron chi connectivity index (χ0n) is 25.1. The number of benzene rings is 3. The van der Waals surface area contributed by atoms with Crippen LogP contribution in [0.15, 0.2) is 76.5 Å². The van der Waals surface area contributed by atoms with Gasteiger partial charge in [0.1, 0.15) is 5.60 Å². The SMILES string of the molecule is CCNc1ccc(S(=O)(=O)c2ccc(CCN(C[C@H](O)c3cccc(Cl)c3)C(=O)OC(C)(C)C)cc2)cc1C(=O)OCC. The molecule has 0 saturated carbocycles. The third-order valence-corrected chi connectivity index (χ3v) is 8.35. The van der Waals surface area contributed by atoms with Crippen molar-refractivity contribution in [2.24, 2.45) is 0 Å². The molecule has 0 aliphatic rings. The second-order valence-corrected chi connectivity index (χ2v) is 13.2. The van der Waals surface area contributed by atoms with E-state index in [0.717, 1.165) is 5.56 Å². The Balaban J connectivity index is 1.79. The van der Waals surface area contributed by atoms with Gasteiger partial charge in [-0.05, 0) is 94.6 Å². The van der Waals surface area contributed by atoms with Gasteiger partial charge in [0.2, 0.25) is 9.84 Å². The maximum absolute atomic E-state index is 13.4. The van der Waals surface area contributed by atoms with Crippen LogP contribution in [0, 0.1) is 0 Å². The number of sulfone groups is 1. The minimum Gasteiger partial charge on any atom is -0.462 e. The highest BCUT2D eigenvalue weighted by Crippen LogP contribution is 2.27. The summed E-state index contributed by atoms with van der Waals surface area (Å²) in [6.07, 6.45) is -1.19. The van der Waals surface area contributed by atoms with E-state index in [9.17, 15) is 23.1 Å². The summed E-state index contributed by atoms with van der Waals surface area (Å²) in [4.78, 5) is 26.9. The molecule has 0 saturated heterocycles. The maximum atomic E-state index is 13.4. The van der Waals surface area contributed by atoms with E-state index in [2.05, 4.69) is 5.32 Å². The lowest BCUT2D eigenvalue weighted by Crippen LogP contribution is -2.40. The first-order valence-electron chi connectivity index (χ1n) is 14.1. The summed E-state index contributed by atoms with van der Waals surface area (Å²) >= 11 is 6.07. The molecule has 0 unspecified atom stereocenters. The van der Waals surface area contributed by atoms with E-state index in [-0.39, 0.29) is 35.1 Å². The number of ether oxygens (including phenoxy) is 2. The molecule has 0 heterocycles. The molecule has 0 bridgehead atoms. The summed E-state index contributed by atoms with van der Waals surface area (Å²) in [5.41, 5.74) is 1.25. The van der Waals surface area contributed by atoms with Crippen molar-refractivity contribution in [3.63, 3.8) is 0 Å². The third-order valence-electron chi connectivity index (χ3n) is 6.35. The summed E-state index contributed by atoms with van der Waals surface area (Å²) in [6, 6.07) is 17.5. The van der Waals surface area contributed by atoms with Gasteiger partial charge < -0.3 is 24.8 Å². The van der Waals surface area contributed by atoms with E-state index in [1.165, 1.54) is 29.2 Å². The molecule has 3 rings (SSSR count). The number of hydrogen-bond donors (Lipinski definition) is 2. The lowest BCUT2D eigenvalue weighted by Gasteiger charge is -2.29. The van der Waals surface area contributed by atoms with Gasteiger partial charge in [0.25, 0.3) is 0 Å². The quantitative estimate of drug-likeness (QED) is 0.224. The number of nitrogens with zero attached hydrogens (tertiary/aromatic N) is 1. The van der Waals surface area contributed by atoms with Crippen molar-refractivity contribution in [3.05, 3.63) is 88.4 Å². The zero-order valence-corrected chi connectivity index (χ0v) is 26.7. The molecule has 9 nitrogen and oxygen atoms in total. The standard InChI is InChI=1S/C32H39ClN2O7S/c1-6-34-28-16-15-26(20-27(28)30(37)41-7-2)43(39,40)25-13-11-22(12-14-25)17-18-35(31(38)42-32(3,4)5)21-29(36)23-9-8-10-24(33)19-23/h8-16,19-20,29,34,36H,6-7,17-18,21H2,1-5H3/t29-/m0/s1. The zero-order chi connectivity index (χ0) is 31.8. The van der Waals surface area contributed by atoms with Crippen LogP contribution in [0.2, 0.25) is 5.02 Å². The van der Waals surface area contributed by atoms with Crippen LogP contribution in [0.1, 0.15) is 62.2 Å². The highest BCUT2D eigenvalue weighted by molar-refractivity contribution is 7.91. The van der Waals surface area contributed by atoms with Crippen LogP contribution in [-0.4, -0.2) is 62.3 Å². The van der Waals surface area contributed by atoms with Crippen molar-refractivity contribution >= 4 is 39.2 Å². The normalized spacial score (nSPS) is 12.3. The van der Waals surface area contributed by atoms with Crippen LogP contribution in [0.3, 0.4) is 0 Å². The fourth-order valence-electron chi connectivity index (χ4n) is 4.26. The molecule has 1 amide bonds. The lowest BCUT2D eigenvalue weighted by molar-refractivity contribution is 0.0147. The van der Waals surface area contributed by atoms with Gasteiger partial charge in [0, 0.05) is 23.8 Å².